The fraction of sp³-hybridized carbons (Fsp3) is 0.750. The Hall–Kier alpha value is -1.79. The maximum atomic E-state index is 11.9. The zero-order chi connectivity index (χ0) is 14.6. The highest BCUT2D eigenvalue weighted by Crippen LogP contribution is 2.17. The molecule has 7 heteroatoms. The molecule has 1 aliphatic heterocycles. The molecule has 3 N–H and O–H groups in total. The molecule has 0 bridgehead atoms. The van der Waals surface area contributed by atoms with Crippen molar-refractivity contribution in [2.45, 2.75) is 32.7 Å². The fourth-order valence-electron chi connectivity index (χ4n) is 2.07. The average molecular weight is 272 g/mol. The first-order valence-corrected chi connectivity index (χ1v) is 6.34. The summed E-state index contributed by atoms with van der Waals surface area (Å²) in [6, 6.07) is -1.37. The summed E-state index contributed by atoms with van der Waals surface area (Å²) in [5.74, 6) is -2.53. The number of aliphatic carboxylic acids is 2. The van der Waals surface area contributed by atoms with E-state index in [0.717, 1.165) is 0 Å². The summed E-state index contributed by atoms with van der Waals surface area (Å²) in [6.45, 7) is 4.12. The van der Waals surface area contributed by atoms with Crippen LogP contribution in [0.5, 0.6) is 0 Å². The van der Waals surface area contributed by atoms with E-state index in [0.29, 0.717) is 25.9 Å². The van der Waals surface area contributed by atoms with Gasteiger partial charge in [0.05, 0.1) is 5.92 Å². The quantitative estimate of drug-likeness (QED) is 0.694. The smallest absolute Gasteiger partial charge is 0.326 e. The number of carboxylic acid groups (broad SMARTS) is 2. The van der Waals surface area contributed by atoms with Crippen LogP contribution in [0.25, 0.3) is 0 Å². The highest BCUT2D eigenvalue weighted by Gasteiger charge is 2.30. The van der Waals surface area contributed by atoms with Gasteiger partial charge in [-0.15, -0.1) is 0 Å². The molecule has 0 aromatic heterocycles. The summed E-state index contributed by atoms with van der Waals surface area (Å²) in [5.41, 5.74) is 0. The molecule has 0 spiro atoms. The van der Waals surface area contributed by atoms with Crippen LogP contribution in [0.3, 0.4) is 0 Å². The lowest BCUT2D eigenvalue weighted by atomic mass is 9.97. The van der Waals surface area contributed by atoms with Gasteiger partial charge in [-0.2, -0.15) is 0 Å². The molecule has 1 atom stereocenters. The van der Waals surface area contributed by atoms with Crippen molar-refractivity contribution < 1.29 is 24.6 Å². The van der Waals surface area contributed by atoms with Crippen molar-refractivity contribution in [3.63, 3.8) is 0 Å². The zero-order valence-electron chi connectivity index (χ0n) is 11.1. The van der Waals surface area contributed by atoms with Gasteiger partial charge in [0.2, 0.25) is 0 Å². The van der Waals surface area contributed by atoms with Crippen molar-refractivity contribution >= 4 is 18.0 Å². The van der Waals surface area contributed by atoms with E-state index in [1.54, 1.807) is 13.8 Å². The van der Waals surface area contributed by atoms with Crippen LogP contribution >= 0.6 is 0 Å². The number of likely N-dealkylation sites (tertiary alicyclic amines) is 1. The van der Waals surface area contributed by atoms with E-state index in [-0.39, 0.29) is 5.92 Å². The second kappa shape index (κ2) is 6.40. The summed E-state index contributed by atoms with van der Waals surface area (Å²) in [7, 11) is 0. The SMILES string of the molecule is CC(C)C(NC(=O)N1CCC(C(=O)O)CC1)C(=O)O. The van der Waals surface area contributed by atoms with Gasteiger partial charge in [0.1, 0.15) is 6.04 Å². The van der Waals surface area contributed by atoms with Gasteiger partial charge in [0.25, 0.3) is 0 Å². The van der Waals surface area contributed by atoms with Gasteiger partial charge >= 0.3 is 18.0 Å². The van der Waals surface area contributed by atoms with E-state index in [4.69, 9.17) is 10.2 Å². The van der Waals surface area contributed by atoms with Crippen molar-refractivity contribution in [3.8, 4) is 0 Å². The average Bonchev–Trinajstić information content (AvgIpc) is 2.34. The normalized spacial score (nSPS) is 18.2. The Bertz CT molecular complexity index is 361. The predicted molar refractivity (Wildman–Crippen MR) is 66.7 cm³/mol. The molecular weight excluding hydrogens is 252 g/mol. The molecule has 1 fully saturated rings. The van der Waals surface area contributed by atoms with Crippen LogP contribution in [0.15, 0.2) is 0 Å². The Labute approximate surface area is 111 Å². The number of amides is 2. The van der Waals surface area contributed by atoms with E-state index in [1.165, 1.54) is 4.90 Å². The zero-order valence-corrected chi connectivity index (χ0v) is 11.1. The van der Waals surface area contributed by atoms with Crippen LogP contribution in [0.2, 0.25) is 0 Å². The summed E-state index contributed by atoms with van der Waals surface area (Å²) < 4.78 is 0. The van der Waals surface area contributed by atoms with E-state index in [2.05, 4.69) is 5.32 Å². The molecule has 1 saturated heterocycles. The number of hydrogen-bond acceptors (Lipinski definition) is 3. The summed E-state index contributed by atoms with van der Waals surface area (Å²) in [5, 5.41) is 20.3. The maximum absolute atomic E-state index is 11.9. The lowest BCUT2D eigenvalue weighted by Crippen LogP contribution is -2.52. The Balaban J connectivity index is 2.51. The molecule has 0 aromatic rings. The number of nitrogens with one attached hydrogen (secondary N) is 1. The number of rotatable bonds is 4. The molecule has 1 unspecified atom stereocenters. The first-order valence-electron chi connectivity index (χ1n) is 6.34. The minimum Gasteiger partial charge on any atom is -0.481 e. The molecule has 0 aliphatic carbocycles. The fourth-order valence-corrected chi connectivity index (χ4v) is 2.07. The third-order valence-electron chi connectivity index (χ3n) is 3.34. The standard InChI is InChI=1S/C12H20N2O5/c1-7(2)9(11(17)18)13-12(19)14-5-3-8(4-6-14)10(15)16/h7-9H,3-6H2,1-2H3,(H,13,19)(H,15,16)(H,17,18). The van der Waals surface area contributed by atoms with Crippen molar-refractivity contribution in [1.29, 1.82) is 0 Å². The van der Waals surface area contributed by atoms with Crippen LogP contribution in [-0.2, 0) is 9.59 Å². The summed E-state index contributed by atoms with van der Waals surface area (Å²) in [6.07, 6.45) is 0.810. The topological polar surface area (TPSA) is 107 Å². The van der Waals surface area contributed by atoms with E-state index < -0.39 is 29.9 Å². The number of urea groups is 1. The van der Waals surface area contributed by atoms with E-state index in [9.17, 15) is 14.4 Å². The summed E-state index contributed by atoms with van der Waals surface area (Å²) in [4.78, 5) is 35.1. The molecule has 1 heterocycles. The number of nitrogens with zero attached hydrogens (tertiary/aromatic N) is 1. The van der Waals surface area contributed by atoms with Crippen molar-refractivity contribution in [1.82, 2.24) is 10.2 Å². The Kier molecular flexibility index (Phi) is 5.14. The molecule has 0 radical (unpaired) electrons. The number of carboxylic acids is 2. The van der Waals surface area contributed by atoms with Gasteiger partial charge in [-0.25, -0.2) is 9.59 Å². The van der Waals surface area contributed by atoms with E-state index >= 15 is 0 Å². The van der Waals surface area contributed by atoms with E-state index in [1.807, 2.05) is 0 Å². The second-order valence-corrected chi connectivity index (χ2v) is 5.11. The number of carbonyl (C=O) groups excluding carboxylic acids is 1. The first kappa shape index (κ1) is 15.3. The highest BCUT2D eigenvalue weighted by atomic mass is 16.4. The van der Waals surface area contributed by atoms with Crippen molar-refractivity contribution in [3.05, 3.63) is 0 Å². The van der Waals surface area contributed by atoms with Crippen molar-refractivity contribution in [2.75, 3.05) is 13.1 Å². The third-order valence-corrected chi connectivity index (χ3v) is 3.34. The van der Waals surface area contributed by atoms with Crippen LogP contribution in [0.4, 0.5) is 4.79 Å². The third kappa shape index (κ3) is 4.11. The Morgan fingerprint density at radius 3 is 2.05 bits per heavy atom. The molecular formula is C12H20N2O5. The lowest BCUT2D eigenvalue weighted by Gasteiger charge is -2.31. The van der Waals surface area contributed by atoms with Crippen LogP contribution in [0.1, 0.15) is 26.7 Å². The van der Waals surface area contributed by atoms with Gasteiger partial charge in [-0.3, -0.25) is 4.79 Å². The van der Waals surface area contributed by atoms with Gasteiger partial charge in [0.15, 0.2) is 0 Å². The van der Waals surface area contributed by atoms with Crippen molar-refractivity contribution in [2.24, 2.45) is 11.8 Å². The molecule has 19 heavy (non-hydrogen) atoms. The Morgan fingerprint density at radius 2 is 1.68 bits per heavy atom. The number of hydrogen-bond donors (Lipinski definition) is 3. The number of carbonyl (C=O) groups is 3. The minimum atomic E-state index is -1.07. The predicted octanol–water partition coefficient (Wildman–Crippen LogP) is 0.602. The molecule has 0 saturated carbocycles. The van der Waals surface area contributed by atoms with Gasteiger partial charge in [-0.1, -0.05) is 13.8 Å². The largest absolute Gasteiger partial charge is 0.481 e. The van der Waals surface area contributed by atoms with Crippen LogP contribution in [-0.4, -0.2) is 52.2 Å². The maximum Gasteiger partial charge on any atom is 0.326 e. The Morgan fingerprint density at radius 1 is 1.16 bits per heavy atom. The highest BCUT2D eigenvalue weighted by molar-refractivity contribution is 5.83. The molecule has 1 rings (SSSR count). The van der Waals surface area contributed by atoms with Crippen LogP contribution in [0, 0.1) is 11.8 Å². The molecule has 7 nitrogen and oxygen atoms in total. The lowest BCUT2D eigenvalue weighted by molar-refractivity contribution is -0.143. The molecule has 2 amide bonds. The van der Waals surface area contributed by atoms with Gasteiger partial charge in [-0.05, 0) is 18.8 Å². The molecule has 0 aromatic carbocycles. The van der Waals surface area contributed by atoms with Crippen LogP contribution < -0.4 is 5.32 Å². The second-order valence-electron chi connectivity index (χ2n) is 5.11. The van der Waals surface area contributed by atoms with Gasteiger partial charge in [0, 0.05) is 13.1 Å². The first-order chi connectivity index (χ1) is 8.82. The minimum absolute atomic E-state index is 0.210. The number of piperidine rings is 1. The molecule has 108 valence electrons. The monoisotopic (exact) mass is 272 g/mol. The molecule has 1 aliphatic rings. The summed E-state index contributed by atoms with van der Waals surface area (Å²) >= 11 is 0. The van der Waals surface area contributed by atoms with Gasteiger partial charge < -0.3 is 20.4 Å².